The molecule has 0 aliphatic carbocycles. The molecule has 3 rings (SSSR count). The topological polar surface area (TPSA) is 146 Å². The molecule has 0 saturated carbocycles. The van der Waals surface area contributed by atoms with Gasteiger partial charge in [0.2, 0.25) is 0 Å². The summed E-state index contributed by atoms with van der Waals surface area (Å²) in [5, 5.41) is 10.0. The van der Waals surface area contributed by atoms with Crippen LogP contribution in [0.3, 0.4) is 0 Å². The lowest BCUT2D eigenvalue weighted by Crippen LogP contribution is -2.14. The zero-order valence-corrected chi connectivity index (χ0v) is 12.7. The second-order valence-corrected chi connectivity index (χ2v) is 5.30. The van der Waals surface area contributed by atoms with Crippen LogP contribution in [0, 0.1) is 13.8 Å². The number of hydrogen-bond acceptors (Lipinski definition) is 6. The van der Waals surface area contributed by atoms with Crippen molar-refractivity contribution in [3.8, 4) is 11.4 Å². The minimum atomic E-state index is -0.721. The molecule has 0 radical (unpaired) electrons. The Morgan fingerprint density at radius 2 is 1.96 bits per heavy atom. The first kappa shape index (κ1) is 14.6. The Labute approximate surface area is 131 Å². The van der Waals surface area contributed by atoms with Crippen molar-refractivity contribution in [1.82, 2.24) is 14.5 Å². The maximum Gasteiger partial charge on any atom is 0.254 e. The van der Waals surface area contributed by atoms with Gasteiger partial charge in [-0.25, -0.2) is 9.97 Å². The van der Waals surface area contributed by atoms with Crippen LogP contribution in [-0.4, -0.2) is 25.5 Å². The van der Waals surface area contributed by atoms with Crippen molar-refractivity contribution in [2.24, 2.45) is 5.73 Å². The summed E-state index contributed by atoms with van der Waals surface area (Å²) in [6.45, 7) is 3.61. The summed E-state index contributed by atoms with van der Waals surface area (Å²) >= 11 is 0. The molecule has 2 aromatic heterocycles. The van der Waals surface area contributed by atoms with Crippen LogP contribution in [0.25, 0.3) is 16.9 Å². The minimum Gasteiger partial charge on any atom is -0.508 e. The number of anilines is 2. The molecule has 1 amide bonds. The van der Waals surface area contributed by atoms with Gasteiger partial charge in [0.1, 0.15) is 28.5 Å². The molecule has 8 nitrogen and oxygen atoms in total. The van der Waals surface area contributed by atoms with Gasteiger partial charge in [-0.15, -0.1) is 0 Å². The SMILES string of the molecule is Cc1ccc(O)c(C)c1-n1c(N)c(C(N)=O)c2nc(N)cnc21. The summed E-state index contributed by atoms with van der Waals surface area (Å²) in [7, 11) is 0. The molecule has 0 fully saturated rings. The van der Waals surface area contributed by atoms with Crippen molar-refractivity contribution >= 4 is 28.7 Å². The molecule has 1 aromatic carbocycles. The molecule has 0 aliphatic heterocycles. The number of rotatable bonds is 2. The summed E-state index contributed by atoms with van der Waals surface area (Å²) in [5.74, 6) is -0.353. The van der Waals surface area contributed by atoms with Crippen LogP contribution in [-0.2, 0) is 0 Å². The van der Waals surface area contributed by atoms with Gasteiger partial charge in [0.15, 0.2) is 5.65 Å². The van der Waals surface area contributed by atoms with Crippen LogP contribution in [0.2, 0.25) is 0 Å². The fourth-order valence-electron chi connectivity index (χ4n) is 2.71. The highest BCUT2D eigenvalue weighted by molar-refractivity contribution is 6.09. The fourth-order valence-corrected chi connectivity index (χ4v) is 2.71. The van der Waals surface area contributed by atoms with Crippen molar-refractivity contribution in [3.63, 3.8) is 0 Å². The van der Waals surface area contributed by atoms with E-state index in [-0.39, 0.29) is 28.5 Å². The van der Waals surface area contributed by atoms with E-state index >= 15 is 0 Å². The molecular weight excluding hydrogens is 296 g/mol. The Hall–Kier alpha value is -3.29. The number of nitrogens with two attached hydrogens (primary N) is 3. The second-order valence-electron chi connectivity index (χ2n) is 5.30. The van der Waals surface area contributed by atoms with Crippen LogP contribution in [0.1, 0.15) is 21.5 Å². The summed E-state index contributed by atoms with van der Waals surface area (Å²) in [6, 6.07) is 3.34. The number of aryl methyl sites for hydroxylation is 1. The van der Waals surface area contributed by atoms with Gasteiger partial charge in [-0.1, -0.05) is 6.07 Å². The van der Waals surface area contributed by atoms with E-state index in [0.29, 0.717) is 16.9 Å². The third-order valence-corrected chi connectivity index (χ3v) is 3.79. The summed E-state index contributed by atoms with van der Waals surface area (Å²) in [4.78, 5) is 20.2. The number of phenolic OH excluding ortho intramolecular Hbond substituents is 1. The number of nitrogens with zero attached hydrogens (tertiary/aromatic N) is 3. The van der Waals surface area contributed by atoms with Gasteiger partial charge in [0, 0.05) is 5.56 Å². The minimum absolute atomic E-state index is 0.0574. The van der Waals surface area contributed by atoms with Crippen molar-refractivity contribution in [3.05, 3.63) is 35.0 Å². The van der Waals surface area contributed by atoms with Gasteiger partial charge in [-0.3, -0.25) is 9.36 Å². The lowest BCUT2D eigenvalue weighted by atomic mass is 10.1. The van der Waals surface area contributed by atoms with Crippen molar-refractivity contribution in [2.75, 3.05) is 11.5 Å². The molecule has 0 aliphatic rings. The average molecular weight is 312 g/mol. The lowest BCUT2D eigenvalue weighted by molar-refractivity contribution is 0.100. The summed E-state index contributed by atoms with van der Waals surface area (Å²) in [6.07, 6.45) is 1.37. The normalized spacial score (nSPS) is 11.0. The first-order valence-electron chi connectivity index (χ1n) is 6.84. The van der Waals surface area contributed by atoms with Crippen molar-refractivity contribution in [1.29, 1.82) is 0 Å². The largest absolute Gasteiger partial charge is 0.508 e. The number of aromatic nitrogens is 3. The van der Waals surface area contributed by atoms with Crippen LogP contribution in [0.15, 0.2) is 18.3 Å². The molecule has 0 atom stereocenters. The van der Waals surface area contributed by atoms with E-state index in [1.54, 1.807) is 23.6 Å². The van der Waals surface area contributed by atoms with Gasteiger partial charge >= 0.3 is 0 Å². The zero-order chi connectivity index (χ0) is 16.9. The molecule has 118 valence electrons. The monoisotopic (exact) mass is 312 g/mol. The van der Waals surface area contributed by atoms with E-state index in [1.165, 1.54) is 6.20 Å². The maximum absolute atomic E-state index is 11.8. The number of aromatic hydroxyl groups is 1. The first-order valence-corrected chi connectivity index (χ1v) is 6.84. The van der Waals surface area contributed by atoms with E-state index in [2.05, 4.69) is 9.97 Å². The second kappa shape index (κ2) is 4.87. The lowest BCUT2D eigenvalue weighted by Gasteiger charge is -2.15. The predicted molar refractivity (Wildman–Crippen MR) is 87.3 cm³/mol. The molecule has 3 aromatic rings. The highest BCUT2D eigenvalue weighted by Crippen LogP contribution is 2.34. The number of hydrogen-bond donors (Lipinski definition) is 4. The first-order chi connectivity index (χ1) is 10.8. The van der Waals surface area contributed by atoms with Gasteiger partial charge in [-0.2, -0.15) is 0 Å². The molecular formula is C15H16N6O2. The Balaban J connectivity index is 2.52. The summed E-state index contributed by atoms with van der Waals surface area (Å²) < 4.78 is 1.56. The standard InChI is InChI=1S/C15H16N6O2/c1-6-3-4-8(22)7(2)12(6)21-13(17)10(14(18)23)11-15(21)19-5-9(16)20-11/h3-5,22H,17H2,1-2H3,(H2,16,20)(H2,18,23). The third kappa shape index (κ3) is 2.03. The molecule has 0 unspecified atom stereocenters. The third-order valence-electron chi connectivity index (χ3n) is 3.79. The summed E-state index contributed by atoms with van der Waals surface area (Å²) in [5.41, 5.74) is 20.0. The van der Waals surface area contributed by atoms with Crippen LogP contribution in [0.5, 0.6) is 5.75 Å². The average Bonchev–Trinajstić information content (AvgIpc) is 2.75. The van der Waals surface area contributed by atoms with Gasteiger partial charge in [0.25, 0.3) is 5.91 Å². The molecule has 8 heteroatoms. The molecule has 23 heavy (non-hydrogen) atoms. The van der Waals surface area contributed by atoms with Crippen molar-refractivity contribution < 1.29 is 9.90 Å². The van der Waals surface area contributed by atoms with Crippen LogP contribution < -0.4 is 17.2 Å². The molecule has 7 N–H and O–H groups in total. The van der Waals surface area contributed by atoms with Gasteiger partial charge < -0.3 is 22.3 Å². The molecule has 0 bridgehead atoms. The van der Waals surface area contributed by atoms with Gasteiger partial charge in [-0.05, 0) is 25.5 Å². The zero-order valence-electron chi connectivity index (χ0n) is 12.7. The van der Waals surface area contributed by atoms with E-state index in [1.807, 2.05) is 6.92 Å². The quantitative estimate of drug-likeness (QED) is 0.555. The van der Waals surface area contributed by atoms with Gasteiger partial charge in [0.05, 0.1) is 11.9 Å². The number of fused-ring (bicyclic) bond motifs is 1. The van der Waals surface area contributed by atoms with Crippen LogP contribution >= 0.6 is 0 Å². The number of carbonyl (C=O) groups excluding carboxylic acids is 1. The van der Waals surface area contributed by atoms with E-state index in [9.17, 15) is 9.90 Å². The highest BCUT2D eigenvalue weighted by atomic mass is 16.3. The number of benzene rings is 1. The van der Waals surface area contributed by atoms with E-state index in [0.717, 1.165) is 5.56 Å². The fraction of sp³-hybridized carbons (Fsp3) is 0.133. The number of nitrogen functional groups attached to an aromatic ring is 2. The Morgan fingerprint density at radius 1 is 1.26 bits per heavy atom. The maximum atomic E-state index is 11.8. The van der Waals surface area contributed by atoms with E-state index < -0.39 is 5.91 Å². The number of amides is 1. The molecule has 0 spiro atoms. The van der Waals surface area contributed by atoms with E-state index in [4.69, 9.17) is 17.2 Å². The molecule has 0 saturated heterocycles. The van der Waals surface area contributed by atoms with Crippen LogP contribution in [0.4, 0.5) is 11.6 Å². The smallest absolute Gasteiger partial charge is 0.254 e. The number of carbonyl (C=O) groups is 1. The number of phenols is 1. The Bertz CT molecular complexity index is 960. The Kier molecular flexibility index (Phi) is 3.10. The number of primary amides is 1. The van der Waals surface area contributed by atoms with Crippen molar-refractivity contribution in [2.45, 2.75) is 13.8 Å². The highest BCUT2D eigenvalue weighted by Gasteiger charge is 2.24. The Morgan fingerprint density at radius 3 is 2.61 bits per heavy atom. The molecule has 2 heterocycles. The predicted octanol–water partition coefficient (Wildman–Crippen LogP) is 1.01.